The van der Waals surface area contributed by atoms with E-state index in [4.69, 9.17) is 9.47 Å². The molecule has 1 amide bonds. The summed E-state index contributed by atoms with van der Waals surface area (Å²) in [4.78, 5) is 12.5. The summed E-state index contributed by atoms with van der Waals surface area (Å²) in [5.41, 5.74) is -1.19. The molecule has 1 aromatic heterocycles. The third-order valence-corrected chi connectivity index (χ3v) is 5.63. The Bertz CT molecular complexity index is 1070. The number of carbonyl (C=O) groups excluding carboxylic acids is 1. The molecule has 0 saturated heterocycles. The van der Waals surface area contributed by atoms with E-state index in [1.54, 1.807) is 49.9 Å². The van der Waals surface area contributed by atoms with Crippen LogP contribution in [0.2, 0.25) is 0 Å². The molecule has 0 fully saturated rings. The zero-order chi connectivity index (χ0) is 23.3. The Morgan fingerprint density at radius 1 is 1.12 bits per heavy atom. The normalized spacial score (nSPS) is 12.3. The Hall–Kier alpha value is -3.21. The van der Waals surface area contributed by atoms with Gasteiger partial charge in [0, 0.05) is 7.05 Å². The number of amides is 1. The SMILES string of the molecule is COc1ccc(OCc2nnc(S[C@@H](C)C(=O)Nc3ccccc3C(F)(F)F)n2C)cc1. The number of thioether (sulfide) groups is 1. The molecular weight excluding hydrogens is 445 g/mol. The summed E-state index contributed by atoms with van der Waals surface area (Å²) in [5, 5.41) is 10.2. The van der Waals surface area contributed by atoms with Gasteiger partial charge in [-0.2, -0.15) is 13.2 Å². The zero-order valence-electron chi connectivity index (χ0n) is 17.5. The summed E-state index contributed by atoms with van der Waals surface area (Å²) >= 11 is 1.08. The van der Waals surface area contributed by atoms with Crippen molar-refractivity contribution in [2.75, 3.05) is 12.4 Å². The van der Waals surface area contributed by atoms with E-state index in [1.807, 2.05) is 0 Å². The van der Waals surface area contributed by atoms with Crippen LogP contribution in [0.3, 0.4) is 0 Å². The van der Waals surface area contributed by atoms with Crippen molar-refractivity contribution in [3.63, 3.8) is 0 Å². The molecule has 11 heteroatoms. The van der Waals surface area contributed by atoms with Crippen LogP contribution < -0.4 is 14.8 Å². The van der Waals surface area contributed by atoms with E-state index in [0.717, 1.165) is 17.8 Å². The predicted octanol–water partition coefficient (Wildman–Crippen LogP) is 4.54. The Kier molecular flexibility index (Phi) is 7.29. The van der Waals surface area contributed by atoms with Crippen molar-refractivity contribution >= 4 is 23.4 Å². The van der Waals surface area contributed by atoms with Gasteiger partial charge in [0.1, 0.15) is 18.1 Å². The molecule has 0 bridgehead atoms. The maximum atomic E-state index is 13.1. The Morgan fingerprint density at radius 3 is 2.44 bits per heavy atom. The minimum Gasteiger partial charge on any atom is -0.497 e. The van der Waals surface area contributed by atoms with Gasteiger partial charge >= 0.3 is 6.18 Å². The van der Waals surface area contributed by atoms with Crippen molar-refractivity contribution in [1.29, 1.82) is 0 Å². The highest BCUT2D eigenvalue weighted by Gasteiger charge is 2.34. The van der Waals surface area contributed by atoms with Crippen molar-refractivity contribution in [2.24, 2.45) is 7.05 Å². The molecule has 170 valence electrons. The summed E-state index contributed by atoms with van der Waals surface area (Å²) < 4.78 is 51.9. The van der Waals surface area contributed by atoms with Crippen LogP contribution in [0.25, 0.3) is 0 Å². The third-order valence-electron chi connectivity index (χ3n) is 4.49. The van der Waals surface area contributed by atoms with Crippen LogP contribution in [0, 0.1) is 0 Å². The van der Waals surface area contributed by atoms with E-state index in [-0.39, 0.29) is 12.3 Å². The molecule has 3 rings (SSSR count). The van der Waals surface area contributed by atoms with Gasteiger partial charge in [-0.15, -0.1) is 10.2 Å². The van der Waals surface area contributed by atoms with Gasteiger partial charge < -0.3 is 19.4 Å². The Balaban J connectivity index is 1.61. The first-order valence-corrected chi connectivity index (χ1v) is 10.4. The summed E-state index contributed by atoms with van der Waals surface area (Å²) in [6.07, 6.45) is -4.57. The lowest BCUT2D eigenvalue weighted by Crippen LogP contribution is -2.24. The quantitative estimate of drug-likeness (QED) is 0.491. The lowest BCUT2D eigenvalue weighted by Gasteiger charge is -2.16. The van der Waals surface area contributed by atoms with Gasteiger partial charge in [-0.1, -0.05) is 23.9 Å². The van der Waals surface area contributed by atoms with Gasteiger partial charge in [-0.25, -0.2) is 0 Å². The summed E-state index contributed by atoms with van der Waals surface area (Å²) in [6, 6.07) is 11.9. The standard InChI is InChI=1S/C21H21F3N4O3S/c1-13(19(29)25-17-7-5-4-6-16(17)21(22,23)24)32-20-27-26-18(28(20)2)12-31-15-10-8-14(30-3)9-11-15/h4-11,13H,12H2,1-3H3,(H,25,29)/t13-/m0/s1. The fourth-order valence-corrected chi connectivity index (χ4v) is 3.51. The number of hydrogen-bond donors (Lipinski definition) is 1. The van der Waals surface area contributed by atoms with E-state index in [2.05, 4.69) is 15.5 Å². The van der Waals surface area contributed by atoms with E-state index in [0.29, 0.717) is 22.5 Å². The first-order chi connectivity index (χ1) is 15.2. The number of hydrogen-bond acceptors (Lipinski definition) is 6. The molecule has 0 radical (unpaired) electrons. The molecule has 0 saturated carbocycles. The van der Waals surface area contributed by atoms with Gasteiger partial charge in [-0.05, 0) is 43.3 Å². The maximum Gasteiger partial charge on any atom is 0.418 e. The molecule has 2 aromatic carbocycles. The number of aromatic nitrogens is 3. The summed E-state index contributed by atoms with van der Waals surface area (Å²) in [5.74, 6) is 1.28. The zero-order valence-corrected chi connectivity index (χ0v) is 18.3. The van der Waals surface area contributed by atoms with Crippen LogP contribution in [-0.2, 0) is 24.6 Å². The number of anilines is 1. The van der Waals surface area contributed by atoms with Gasteiger partial charge in [0.05, 0.1) is 23.6 Å². The number of alkyl halides is 3. The molecule has 32 heavy (non-hydrogen) atoms. The molecule has 0 aliphatic heterocycles. The van der Waals surface area contributed by atoms with Crippen molar-refractivity contribution in [1.82, 2.24) is 14.8 Å². The lowest BCUT2D eigenvalue weighted by molar-refractivity contribution is -0.137. The second-order valence-electron chi connectivity index (χ2n) is 6.71. The second kappa shape index (κ2) is 9.94. The Labute approximate surface area is 186 Å². The number of carbonyl (C=O) groups is 1. The number of nitrogens with one attached hydrogen (secondary N) is 1. The monoisotopic (exact) mass is 466 g/mol. The highest BCUT2D eigenvalue weighted by atomic mass is 32.2. The van der Waals surface area contributed by atoms with Crippen molar-refractivity contribution in [2.45, 2.75) is 30.1 Å². The number of ether oxygens (including phenoxy) is 2. The van der Waals surface area contributed by atoms with Crippen LogP contribution in [0.4, 0.5) is 18.9 Å². The number of benzene rings is 2. The molecule has 1 atom stereocenters. The largest absolute Gasteiger partial charge is 0.497 e. The average molecular weight is 466 g/mol. The predicted molar refractivity (Wildman–Crippen MR) is 114 cm³/mol. The van der Waals surface area contributed by atoms with Crippen LogP contribution in [0.15, 0.2) is 53.7 Å². The summed E-state index contributed by atoms with van der Waals surface area (Å²) in [6.45, 7) is 1.73. The van der Waals surface area contributed by atoms with Gasteiger partial charge in [0.2, 0.25) is 5.91 Å². The second-order valence-corrected chi connectivity index (χ2v) is 8.02. The molecule has 3 aromatic rings. The summed E-state index contributed by atoms with van der Waals surface area (Å²) in [7, 11) is 3.30. The van der Waals surface area contributed by atoms with Crippen LogP contribution in [0.1, 0.15) is 18.3 Å². The molecule has 0 aliphatic rings. The lowest BCUT2D eigenvalue weighted by atomic mass is 10.1. The smallest absolute Gasteiger partial charge is 0.418 e. The molecule has 0 spiro atoms. The van der Waals surface area contributed by atoms with Crippen LogP contribution in [-0.4, -0.2) is 33.0 Å². The highest BCUT2D eigenvalue weighted by Crippen LogP contribution is 2.35. The number of halogens is 3. The average Bonchev–Trinajstić information content (AvgIpc) is 3.11. The first kappa shape index (κ1) is 23.5. The maximum absolute atomic E-state index is 13.1. The number of rotatable bonds is 8. The van der Waals surface area contributed by atoms with Crippen molar-refractivity contribution in [3.8, 4) is 11.5 Å². The number of methoxy groups -OCH3 is 1. The molecular formula is C21H21F3N4O3S. The van der Waals surface area contributed by atoms with Crippen LogP contribution >= 0.6 is 11.8 Å². The minimum absolute atomic E-state index is 0.149. The van der Waals surface area contributed by atoms with Gasteiger partial charge in [0.25, 0.3) is 0 Å². The number of para-hydroxylation sites is 1. The molecule has 1 heterocycles. The molecule has 1 N–H and O–H groups in total. The van der Waals surface area contributed by atoms with E-state index in [1.165, 1.54) is 18.2 Å². The van der Waals surface area contributed by atoms with Crippen LogP contribution in [0.5, 0.6) is 11.5 Å². The third kappa shape index (κ3) is 5.72. The molecule has 0 aliphatic carbocycles. The molecule has 0 unspecified atom stereocenters. The fourth-order valence-electron chi connectivity index (χ4n) is 2.68. The van der Waals surface area contributed by atoms with E-state index < -0.39 is 22.9 Å². The van der Waals surface area contributed by atoms with Crippen molar-refractivity contribution < 1.29 is 27.4 Å². The highest BCUT2D eigenvalue weighted by molar-refractivity contribution is 8.00. The van der Waals surface area contributed by atoms with E-state index in [9.17, 15) is 18.0 Å². The fraction of sp³-hybridized carbons (Fsp3) is 0.286. The number of nitrogens with zero attached hydrogens (tertiary/aromatic N) is 3. The first-order valence-electron chi connectivity index (χ1n) is 9.48. The molecule has 7 nitrogen and oxygen atoms in total. The minimum atomic E-state index is -4.57. The van der Waals surface area contributed by atoms with Gasteiger partial charge in [-0.3, -0.25) is 4.79 Å². The van der Waals surface area contributed by atoms with Crippen molar-refractivity contribution in [3.05, 3.63) is 59.9 Å². The van der Waals surface area contributed by atoms with E-state index >= 15 is 0 Å². The van der Waals surface area contributed by atoms with Gasteiger partial charge in [0.15, 0.2) is 11.0 Å². The Morgan fingerprint density at radius 2 is 1.78 bits per heavy atom. The topological polar surface area (TPSA) is 78.3 Å².